The Morgan fingerprint density at radius 1 is 1.16 bits per heavy atom. The second-order valence-electron chi connectivity index (χ2n) is 5.79. The summed E-state index contributed by atoms with van der Waals surface area (Å²) in [5.74, 6) is -0.775. The highest BCUT2D eigenvalue weighted by atomic mass is 16.5. The van der Waals surface area contributed by atoms with Crippen LogP contribution in [-0.2, 0) is 13.1 Å². The molecule has 0 unspecified atom stereocenters. The maximum absolute atomic E-state index is 13.0. The van der Waals surface area contributed by atoms with Gasteiger partial charge in [0.1, 0.15) is 0 Å². The normalized spacial score (nSPS) is 13.6. The minimum absolute atomic E-state index is 0.107. The van der Waals surface area contributed by atoms with Crippen LogP contribution in [0, 0.1) is 0 Å². The highest BCUT2D eigenvalue weighted by Crippen LogP contribution is 2.21. The Bertz CT molecular complexity index is 976. The zero-order valence-corrected chi connectivity index (χ0v) is 13.2. The molecule has 0 spiro atoms. The number of benzene rings is 1. The van der Waals surface area contributed by atoms with Gasteiger partial charge in [-0.25, -0.2) is 5.48 Å². The van der Waals surface area contributed by atoms with Crippen LogP contribution in [0.5, 0.6) is 0 Å². The zero-order chi connectivity index (χ0) is 17.4. The van der Waals surface area contributed by atoms with E-state index in [-0.39, 0.29) is 11.6 Å². The summed E-state index contributed by atoms with van der Waals surface area (Å²) in [5.41, 5.74) is 3.66. The summed E-state index contributed by atoms with van der Waals surface area (Å²) < 4.78 is 1.68. The lowest BCUT2D eigenvalue weighted by Crippen LogP contribution is -2.38. The minimum Gasteiger partial charge on any atom is -0.331 e. The topological polar surface area (TPSA) is 100 Å². The lowest BCUT2D eigenvalue weighted by molar-refractivity contribution is 0.0691. The highest BCUT2D eigenvalue weighted by molar-refractivity contribution is 6.05. The largest absolute Gasteiger partial charge is 0.331 e. The van der Waals surface area contributed by atoms with Crippen LogP contribution in [0.25, 0.3) is 10.9 Å². The lowest BCUT2D eigenvalue weighted by Gasteiger charge is -2.28. The molecule has 2 amide bonds. The summed E-state index contributed by atoms with van der Waals surface area (Å²) in [6.45, 7) is 1.31. The summed E-state index contributed by atoms with van der Waals surface area (Å²) in [7, 11) is 0. The third kappa shape index (κ3) is 2.62. The predicted molar refractivity (Wildman–Crippen MR) is 88.0 cm³/mol. The zero-order valence-electron chi connectivity index (χ0n) is 13.2. The average Bonchev–Trinajstić information content (AvgIpc) is 3.09. The summed E-state index contributed by atoms with van der Waals surface area (Å²) in [4.78, 5) is 30.5. The lowest BCUT2D eigenvalue weighted by atomic mass is 10.1. The van der Waals surface area contributed by atoms with Gasteiger partial charge in [0.2, 0.25) is 0 Å². The van der Waals surface area contributed by atoms with Crippen LogP contribution in [0.3, 0.4) is 0 Å². The van der Waals surface area contributed by atoms with E-state index in [9.17, 15) is 9.59 Å². The smallest absolute Gasteiger partial charge is 0.295 e. The molecule has 8 heteroatoms. The van der Waals surface area contributed by atoms with E-state index in [4.69, 9.17) is 5.21 Å². The van der Waals surface area contributed by atoms with Gasteiger partial charge >= 0.3 is 0 Å². The van der Waals surface area contributed by atoms with Gasteiger partial charge < -0.3 is 4.90 Å². The third-order valence-corrected chi connectivity index (χ3v) is 4.28. The van der Waals surface area contributed by atoms with Crippen molar-refractivity contribution in [3.05, 3.63) is 59.5 Å². The van der Waals surface area contributed by atoms with Crippen LogP contribution in [0.15, 0.2) is 42.6 Å². The molecule has 8 nitrogen and oxygen atoms in total. The molecule has 0 atom stereocenters. The molecule has 25 heavy (non-hydrogen) atoms. The Hall–Kier alpha value is -3.26. The van der Waals surface area contributed by atoms with Gasteiger partial charge in [-0.2, -0.15) is 5.10 Å². The van der Waals surface area contributed by atoms with Crippen molar-refractivity contribution >= 4 is 22.7 Å². The van der Waals surface area contributed by atoms with Crippen molar-refractivity contribution < 1.29 is 14.8 Å². The number of hydrogen-bond donors (Lipinski definition) is 2. The number of pyridine rings is 1. The molecule has 2 N–H and O–H groups in total. The number of nitrogens with one attached hydrogen (secondary N) is 1. The van der Waals surface area contributed by atoms with Gasteiger partial charge in [-0.1, -0.05) is 18.2 Å². The standard InChI is InChI=1S/C17H15N5O3/c23-16(20-25)14-9-12-10-21(7-8-22(12)19-14)17(24)13-5-1-3-11-4-2-6-18-15(11)13/h1-6,9,25H,7-8,10H2,(H,20,23). The Morgan fingerprint density at radius 2 is 2.00 bits per heavy atom. The summed E-state index contributed by atoms with van der Waals surface area (Å²) in [6.07, 6.45) is 1.67. The molecule has 0 saturated carbocycles. The SMILES string of the molecule is O=C(NO)c1cc2n(n1)CCN(C(=O)c1cccc3cccnc13)C2. The maximum atomic E-state index is 13.0. The van der Waals surface area contributed by atoms with E-state index in [1.54, 1.807) is 33.4 Å². The first-order valence-electron chi connectivity index (χ1n) is 7.81. The Kier molecular flexibility index (Phi) is 3.66. The van der Waals surface area contributed by atoms with Crippen LogP contribution >= 0.6 is 0 Å². The van der Waals surface area contributed by atoms with Gasteiger partial charge in [0.05, 0.1) is 29.9 Å². The number of rotatable bonds is 2. The molecule has 3 aromatic rings. The first-order chi connectivity index (χ1) is 12.2. The molecule has 0 bridgehead atoms. The molecule has 0 saturated heterocycles. The number of nitrogens with zero attached hydrogens (tertiary/aromatic N) is 4. The molecule has 0 radical (unpaired) electrons. The Morgan fingerprint density at radius 3 is 2.84 bits per heavy atom. The molecule has 0 fully saturated rings. The predicted octanol–water partition coefficient (Wildman–Crippen LogP) is 1.21. The minimum atomic E-state index is -0.668. The van der Waals surface area contributed by atoms with Gasteiger partial charge in [0.25, 0.3) is 11.8 Å². The molecule has 1 aliphatic heterocycles. The number of fused-ring (bicyclic) bond motifs is 2. The number of para-hydroxylation sites is 1. The number of amides is 2. The van der Waals surface area contributed by atoms with Crippen molar-refractivity contribution in [3.63, 3.8) is 0 Å². The van der Waals surface area contributed by atoms with Gasteiger partial charge in [0, 0.05) is 18.1 Å². The van der Waals surface area contributed by atoms with E-state index in [0.717, 1.165) is 11.1 Å². The van der Waals surface area contributed by atoms with Gasteiger partial charge in [-0.3, -0.25) is 24.5 Å². The quantitative estimate of drug-likeness (QED) is 0.541. The molecular formula is C17H15N5O3. The van der Waals surface area contributed by atoms with E-state index in [2.05, 4.69) is 10.1 Å². The maximum Gasteiger partial charge on any atom is 0.295 e. The van der Waals surface area contributed by atoms with Crippen molar-refractivity contribution in [3.8, 4) is 0 Å². The second kappa shape index (κ2) is 5.99. The molecule has 1 aromatic carbocycles. The van der Waals surface area contributed by atoms with Gasteiger partial charge in [-0.15, -0.1) is 0 Å². The highest BCUT2D eigenvalue weighted by Gasteiger charge is 2.25. The fourth-order valence-corrected chi connectivity index (χ4v) is 3.06. The molecule has 1 aliphatic rings. The fourth-order valence-electron chi connectivity index (χ4n) is 3.06. The molecule has 2 aromatic heterocycles. The Balaban J connectivity index is 1.64. The van der Waals surface area contributed by atoms with E-state index in [1.165, 1.54) is 0 Å². The summed E-state index contributed by atoms with van der Waals surface area (Å²) in [6, 6.07) is 10.9. The molecule has 126 valence electrons. The van der Waals surface area contributed by atoms with Crippen LogP contribution < -0.4 is 5.48 Å². The van der Waals surface area contributed by atoms with E-state index < -0.39 is 5.91 Å². The first-order valence-corrected chi connectivity index (χ1v) is 7.81. The molecule has 0 aliphatic carbocycles. The third-order valence-electron chi connectivity index (χ3n) is 4.28. The van der Waals surface area contributed by atoms with Crippen LogP contribution in [0.2, 0.25) is 0 Å². The molecule has 4 rings (SSSR count). The first kappa shape index (κ1) is 15.3. The van der Waals surface area contributed by atoms with Gasteiger partial charge in [0.15, 0.2) is 5.69 Å². The van der Waals surface area contributed by atoms with Gasteiger partial charge in [-0.05, 0) is 18.2 Å². The molecular weight excluding hydrogens is 322 g/mol. The van der Waals surface area contributed by atoms with Crippen LogP contribution in [-0.4, -0.2) is 43.2 Å². The van der Waals surface area contributed by atoms with E-state index in [0.29, 0.717) is 30.7 Å². The Labute approximate surface area is 142 Å². The monoisotopic (exact) mass is 337 g/mol. The number of aromatic nitrogens is 3. The van der Waals surface area contributed by atoms with E-state index >= 15 is 0 Å². The van der Waals surface area contributed by atoms with Crippen molar-refractivity contribution in [2.75, 3.05) is 6.54 Å². The van der Waals surface area contributed by atoms with Crippen molar-refractivity contribution in [2.24, 2.45) is 0 Å². The summed E-state index contributed by atoms with van der Waals surface area (Å²) in [5, 5.41) is 13.8. The van der Waals surface area contributed by atoms with Crippen molar-refractivity contribution in [1.29, 1.82) is 0 Å². The van der Waals surface area contributed by atoms with Crippen LogP contribution in [0.4, 0.5) is 0 Å². The number of carbonyl (C=O) groups is 2. The fraction of sp³-hybridized carbons (Fsp3) is 0.176. The number of hydroxylamine groups is 1. The average molecular weight is 337 g/mol. The van der Waals surface area contributed by atoms with Crippen molar-refractivity contribution in [2.45, 2.75) is 13.1 Å². The number of carbonyl (C=O) groups excluding carboxylic acids is 2. The van der Waals surface area contributed by atoms with E-state index in [1.807, 2.05) is 24.3 Å². The molecule has 3 heterocycles. The van der Waals surface area contributed by atoms with Crippen LogP contribution in [0.1, 0.15) is 26.5 Å². The number of hydrogen-bond acceptors (Lipinski definition) is 5. The second-order valence-corrected chi connectivity index (χ2v) is 5.79. The van der Waals surface area contributed by atoms with Crippen molar-refractivity contribution in [1.82, 2.24) is 25.1 Å². The summed E-state index contributed by atoms with van der Waals surface area (Å²) >= 11 is 0.